The van der Waals surface area contributed by atoms with Gasteiger partial charge in [0.1, 0.15) is 0 Å². The van der Waals surface area contributed by atoms with Crippen LogP contribution in [0.1, 0.15) is 6.42 Å². The predicted molar refractivity (Wildman–Crippen MR) is 62.0 cm³/mol. The van der Waals surface area contributed by atoms with E-state index >= 15 is 0 Å². The standard InChI is InChI=1S/C10H8ClNO3S/c11-5-1-2-6-7(3-5)16-8(4-9(13)14)10(15)12-6/h1-3,8H,4H2,(H,12,15)(H,13,14). The van der Waals surface area contributed by atoms with E-state index in [0.29, 0.717) is 10.7 Å². The smallest absolute Gasteiger partial charge is 0.305 e. The summed E-state index contributed by atoms with van der Waals surface area (Å²) in [5.41, 5.74) is 0.682. The second kappa shape index (κ2) is 4.35. The van der Waals surface area contributed by atoms with E-state index in [9.17, 15) is 9.59 Å². The third-order valence-corrected chi connectivity index (χ3v) is 3.62. The number of carbonyl (C=O) groups excluding carboxylic acids is 1. The number of halogens is 1. The Morgan fingerprint density at radius 3 is 3.00 bits per heavy atom. The minimum Gasteiger partial charge on any atom is -0.481 e. The van der Waals surface area contributed by atoms with Gasteiger partial charge in [-0.1, -0.05) is 11.6 Å². The van der Waals surface area contributed by atoms with Crippen molar-refractivity contribution in [1.29, 1.82) is 0 Å². The molecule has 0 spiro atoms. The number of aliphatic carboxylic acids is 1. The lowest BCUT2D eigenvalue weighted by atomic mass is 10.2. The quantitative estimate of drug-likeness (QED) is 0.853. The van der Waals surface area contributed by atoms with Gasteiger partial charge in [-0.15, -0.1) is 11.8 Å². The summed E-state index contributed by atoms with van der Waals surface area (Å²) in [5, 5.41) is 11.3. The summed E-state index contributed by atoms with van der Waals surface area (Å²) >= 11 is 7.05. The first-order chi connectivity index (χ1) is 7.56. The maximum Gasteiger partial charge on any atom is 0.305 e. The van der Waals surface area contributed by atoms with Gasteiger partial charge >= 0.3 is 5.97 Å². The molecule has 84 valence electrons. The van der Waals surface area contributed by atoms with Gasteiger partial charge in [0.05, 0.1) is 17.4 Å². The van der Waals surface area contributed by atoms with Crippen LogP contribution in [-0.2, 0) is 9.59 Å². The van der Waals surface area contributed by atoms with Crippen LogP contribution in [0.4, 0.5) is 5.69 Å². The number of hydrogen-bond acceptors (Lipinski definition) is 3. The Morgan fingerprint density at radius 1 is 1.56 bits per heavy atom. The van der Waals surface area contributed by atoms with Gasteiger partial charge < -0.3 is 10.4 Å². The van der Waals surface area contributed by atoms with Gasteiger partial charge in [0, 0.05) is 9.92 Å². The normalized spacial score (nSPS) is 18.8. The largest absolute Gasteiger partial charge is 0.481 e. The molecule has 1 unspecified atom stereocenters. The predicted octanol–water partition coefficient (Wildman–Crippen LogP) is 2.23. The molecule has 1 heterocycles. The third kappa shape index (κ3) is 2.31. The number of carboxylic acid groups (broad SMARTS) is 1. The molecule has 0 radical (unpaired) electrons. The molecule has 1 aliphatic heterocycles. The van der Waals surface area contributed by atoms with E-state index in [1.165, 1.54) is 11.8 Å². The SMILES string of the molecule is O=C(O)CC1Sc2cc(Cl)ccc2NC1=O. The molecule has 0 bridgehead atoms. The average molecular weight is 258 g/mol. The lowest BCUT2D eigenvalue weighted by molar-refractivity contribution is -0.138. The minimum absolute atomic E-state index is 0.192. The van der Waals surface area contributed by atoms with Crippen LogP contribution in [0.3, 0.4) is 0 Å². The highest BCUT2D eigenvalue weighted by Crippen LogP contribution is 2.38. The van der Waals surface area contributed by atoms with Gasteiger partial charge in [-0.25, -0.2) is 0 Å². The van der Waals surface area contributed by atoms with Gasteiger partial charge in [-0.05, 0) is 18.2 Å². The molecule has 1 amide bonds. The van der Waals surface area contributed by atoms with Crippen LogP contribution in [0.5, 0.6) is 0 Å². The highest BCUT2D eigenvalue weighted by Gasteiger charge is 2.28. The maximum absolute atomic E-state index is 11.5. The molecule has 1 aliphatic rings. The summed E-state index contributed by atoms with van der Waals surface area (Å²) in [6.45, 7) is 0. The van der Waals surface area contributed by atoms with E-state index in [0.717, 1.165) is 4.90 Å². The number of benzene rings is 1. The zero-order valence-corrected chi connectivity index (χ0v) is 9.64. The molecule has 16 heavy (non-hydrogen) atoms. The highest BCUT2D eigenvalue weighted by molar-refractivity contribution is 8.01. The van der Waals surface area contributed by atoms with Crippen LogP contribution < -0.4 is 5.32 Å². The first-order valence-electron chi connectivity index (χ1n) is 4.55. The molecular formula is C10H8ClNO3S. The molecule has 0 fully saturated rings. The van der Waals surface area contributed by atoms with Gasteiger partial charge in [0.25, 0.3) is 0 Å². The Kier molecular flexibility index (Phi) is 3.07. The van der Waals surface area contributed by atoms with Crippen molar-refractivity contribution in [1.82, 2.24) is 0 Å². The molecule has 1 aromatic rings. The fraction of sp³-hybridized carbons (Fsp3) is 0.200. The summed E-state index contributed by atoms with van der Waals surface area (Å²) in [4.78, 5) is 22.9. The number of thioether (sulfide) groups is 1. The Balaban J connectivity index is 2.26. The molecule has 0 saturated heterocycles. The van der Waals surface area contributed by atoms with Gasteiger partial charge in [0.15, 0.2) is 0 Å². The summed E-state index contributed by atoms with van der Waals surface area (Å²) in [5.74, 6) is -1.26. The first-order valence-corrected chi connectivity index (χ1v) is 5.81. The van der Waals surface area contributed by atoms with Crippen molar-refractivity contribution in [2.45, 2.75) is 16.6 Å². The second-order valence-electron chi connectivity index (χ2n) is 3.33. The van der Waals surface area contributed by atoms with Crippen molar-refractivity contribution in [3.63, 3.8) is 0 Å². The molecular weight excluding hydrogens is 250 g/mol. The van der Waals surface area contributed by atoms with E-state index in [1.807, 2.05) is 0 Å². The zero-order chi connectivity index (χ0) is 11.7. The van der Waals surface area contributed by atoms with Crippen LogP contribution in [0.25, 0.3) is 0 Å². The highest BCUT2D eigenvalue weighted by atomic mass is 35.5. The fourth-order valence-corrected chi connectivity index (χ4v) is 2.79. The topological polar surface area (TPSA) is 66.4 Å². The number of anilines is 1. The lowest BCUT2D eigenvalue weighted by Crippen LogP contribution is -2.30. The summed E-state index contributed by atoms with van der Waals surface area (Å²) in [6.07, 6.45) is -0.192. The average Bonchev–Trinajstić information content (AvgIpc) is 2.19. The van der Waals surface area contributed by atoms with E-state index in [2.05, 4.69) is 5.32 Å². The summed E-state index contributed by atoms with van der Waals surface area (Å²) < 4.78 is 0. The number of carboxylic acids is 1. The van der Waals surface area contributed by atoms with Gasteiger partial charge in [-0.2, -0.15) is 0 Å². The first kappa shape index (κ1) is 11.3. The van der Waals surface area contributed by atoms with Crippen LogP contribution in [0, 0.1) is 0 Å². The van der Waals surface area contributed by atoms with E-state index < -0.39 is 11.2 Å². The van der Waals surface area contributed by atoms with Crippen LogP contribution in [0.2, 0.25) is 5.02 Å². The third-order valence-electron chi connectivity index (χ3n) is 2.12. The van der Waals surface area contributed by atoms with Crippen molar-refractivity contribution in [2.75, 3.05) is 5.32 Å². The second-order valence-corrected chi connectivity index (χ2v) is 5.02. The fourth-order valence-electron chi connectivity index (χ4n) is 1.41. The van der Waals surface area contributed by atoms with Crippen LogP contribution in [0.15, 0.2) is 23.1 Å². The minimum atomic E-state index is -0.988. The number of fused-ring (bicyclic) bond motifs is 1. The van der Waals surface area contributed by atoms with Crippen LogP contribution >= 0.6 is 23.4 Å². The summed E-state index contributed by atoms with van der Waals surface area (Å²) in [7, 11) is 0. The van der Waals surface area contributed by atoms with Crippen LogP contribution in [-0.4, -0.2) is 22.2 Å². The number of nitrogens with one attached hydrogen (secondary N) is 1. The molecule has 2 N–H and O–H groups in total. The Labute approximate surface area is 101 Å². The molecule has 6 heteroatoms. The Hall–Kier alpha value is -1.20. The maximum atomic E-state index is 11.5. The number of amides is 1. The van der Waals surface area contributed by atoms with E-state index in [1.54, 1.807) is 18.2 Å². The Morgan fingerprint density at radius 2 is 2.31 bits per heavy atom. The van der Waals surface area contributed by atoms with Crippen molar-refractivity contribution >= 4 is 40.9 Å². The molecule has 1 aromatic carbocycles. The van der Waals surface area contributed by atoms with Gasteiger partial charge in [-0.3, -0.25) is 9.59 Å². The number of hydrogen-bond donors (Lipinski definition) is 2. The van der Waals surface area contributed by atoms with Crippen molar-refractivity contribution in [2.24, 2.45) is 0 Å². The lowest BCUT2D eigenvalue weighted by Gasteiger charge is -2.22. The van der Waals surface area contributed by atoms with Crippen molar-refractivity contribution < 1.29 is 14.7 Å². The zero-order valence-electron chi connectivity index (χ0n) is 8.07. The molecule has 0 aliphatic carbocycles. The van der Waals surface area contributed by atoms with Gasteiger partial charge in [0.2, 0.25) is 5.91 Å². The van der Waals surface area contributed by atoms with Crippen molar-refractivity contribution in [3.8, 4) is 0 Å². The van der Waals surface area contributed by atoms with E-state index in [4.69, 9.17) is 16.7 Å². The molecule has 1 atom stereocenters. The number of rotatable bonds is 2. The number of carbonyl (C=O) groups is 2. The molecule has 0 saturated carbocycles. The Bertz CT molecular complexity index is 463. The molecule has 2 rings (SSSR count). The molecule has 4 nitrogen and oxygen atoms in total. The molecule has 0 aromatic heterocycles. The van der Waals surface area contributed by atoms with Crippen molar-refractivity contribution in [3.05, 3.63) is 23.2 Å². The summed E-state index contributed by atoms with van der Waals surface area (Å²) in [6, 6.07) is 5.11. The van der Waals surface area contributed by atoms with E-state index in [-0.39, 0.29) is 12.3 Å². The monoisotopic (exact) mass is 257 g/mol.